The Balaban J connectivity index is -0.000000282. The van der Waals surface area contributed by atoms with Gasteiger partial charge in [-0.2, -0.15) is 0 Å². The second kappa shape index (κ2) is 25.8. The van der Waals surface area contributed by atoms with E-state index in [4.69, 9.17) is 0 Å². The van der Waals surface area contributed by atoms with Crippen LogP contribution in [0, 0.1) is 0 Å². The average Bonchev–Trinajstić information content (AvgIpc) is 2.21. The molecule has 0 atom stereocenters. The number of hydrogen-bond donors (Lipinski definition) is 0. The van der Waals surface area contributed by atoms with Crippen molar-refractivity contribution in [3.8, 4) is 0 Å². The van der Waals surface area contributed by atoms with Crippen LogP contribution in [0.25, 0.3) is 0 Å². The first-order valence-electron chi connectivity index (χ1n) is 6.56. The molecule has 0 N–H and O–H groups in total. The van der Waals surface area contributed by atoms with E-state index in [-0.39, 0.29) is 47.9 Å². The van der Waals surface area contributed by atoms with Gasteiger partial charge in [-0.1, -0.05) is 70.9 Å². The Morgan fingerprint density at radius 3 is 1.59 bits per heavy atom. The summed E-state index contributed by atoms with van der Waals surface area (Å²) in [5, 5.41) is 0. The third-order valence-electron chi connectivity index (χ3n) is 2.63. The smallest absolute Gasteiger partial charge is 1.00 e. The molecule has 0 saturated heterocycles. The van der Waals surface area contributed by atoms with Crippen LogP contribution >= 0.6 is 0 Å². The zero-order chi connectivity index (χ0) is 10.5. The molecule has 0 radical (unpaired) electrons. The van der Waals surface area contributed by atoms with Crippen LogP contribution in [0.2, 0.25) is 0 Å². The summed E-state index contributed by atoms with van der Waals surface area (Å²) in [6, 6.07) is 0. The van der Waals surface area contributed by atoms with E-state index in [1.807, 2.05) is 0 Å². The summed E-state index contributed by atoms with van der Waals surface area (Å²) < 4.78 is 0. The first kappa shape index (κ1) is 26.6. The molecule has 0 heterocycles. The van der Waals surface area contributed by atoms with E-state index in [0.29, 0.717) is 0 Å². The molecule has 0 aromatic rings. The van der Waals surface area contributed by atoms with Crippen LogP contribution in [0.1, 0.15) is 78.1 Å². The summed E-state index contributed by atoms with van der Waals surface area (Å²) in [4.78, 5) is 0. The van der Waals surface area contributed by atoms with Crippen molar-refractivity contribution in [1.29, 1.82) is 0 Å². The van der Waals surface area contributed by atoms with Gasteiger partial charge in [0.1, 0.15) is 0 Å². The second-order valence-corrected chi connectivity index (χ2v) is 4.14. The van der Waals surface area contributed by atoms with Crippen LogP contribution in [-0.4, -0.2) is 23.1 Å². The van der Waals surface area contributed by atoms with Gasteiger partial charge in [0, 0.05) is 0 Å². The predicted molar refractivity (Wildman–Crippen MR) is 72.4 cm³/mol. The van der Waals surface area contributed by atoms with Crippen molar-refractivity contribution in [2.24, 2.45) is 0 Å². The third kappa shape index (κ3) is 26.6. The number of rotatable bonds is 10. The number of hydrogen-bond acceptors (Lipinski definition) is 0. The molecular formula is C14H28Cl2Mg. The molecular weight excluding hydrogens is 263 g/mol. The van der Waals surface area contributed by atoms with Crippen LogP contribution in [0.4, 0.5) is 0 Å². The minimum Gasteiger partial charge on any atom is -1.00 e. The molecule has 100 valence electrons. The number of allylic oxidation sites excluding steroid dienone is 2. The average molecular weight is 292 g/mol. The molecule has 0 fully saturated rings. The van der Waals surface area contributed by atoms with E-state index >= 15 is 0 Å². The van der Waals surface area contributed by atoms with Crippen LogP contribution in [0.3, 0.4) is 0 Å². The topological polar surface area (TPSA) is 0 Å². The van der Waals surface area contributed by atoms with Crippen molar-refractivity contribution >= 4 is 23.1 Å². The molecule has 0 aliphatic carbocycles. The van der Waals surface area contributed by atoms with Gasteiger partial charge in [0.15, 0.2) is 0 Å². The minimum atomic E-state index is 0. The van der Waals surface area contributed by atoms with Crippen LogP contribution < -0.4 is 24.8 Å². The summed E-state index contributed by atoms with van der Waals surface area (Å²) in [7, 11) is 0. The summed E-state index contributed by atoms with van der Waals surface area (Å²) in [6.07, 6.45) is 18.5. The van der Waals surface area contributed by atoms with Gasteiger partial charge >= 0.3 is 23.1 Å². The van der Waals surface area contributed by atoms with E-state index in [2.05, 4.69) is 26.0 Å². The Labute approximate surface area is 137 Å². The molecule has 0 saturated carbocycles. The largest absolute Gasteiger partial charge is 2.00 e. The maximum Gasteiger partial charge on any atom is 2.00 e. The van der Waals surface area contributed by atoms with Crippen molar-refractivity contribution < 1.29 is 24.8 Å². The monoisotopic (exact) mass is 290 g/mol. The summed E-state index contributed by atoms with van der Waals surface area (Å²) in [6.45, 7) is 4.48. The molecule has 17 heavy (non-hydrogen) atoms. The summed E-state index contributed by atoms with van der Waals surface area (Å²) in [5.74, 6) is 0. The first-order valence-corrected chi connectivity index (χ1v) is 6.56. The molecule has 0 aromatic carbocycles. The third-order valence-corrected chi connectivity index (χ3v) is 2.63. The van der Waals surface area contributed by atoms with Gasteiger partial charge in [-0.05, 0) is 19.3 Å². The van der Waals surface area contributed by atoms with Gasteiger partial charge in [-0.15, -0.1) is 0 Å². The van der Waals surface area contributed by atoms with Crippen molar-refractivity contribution in [2.75, 3.05) is 0 Å². The number of halogens is 2. The zero-order valence-corrected chi connectivity index (χ0v) is 14.6. The molecule has 0 bridgehead atoms. The van der Waals surface area contributed by atoms with Crippen LogP contribution in [-0.2, 0) is 0 Å². The van der Waals surface area contributed by atoms with Gasteiger partial charge in [-0.25, -0.2) is 0 Å². The van der Waals surface area contributed by atoms with Crippen LogP contribution in [0.15, 0.2) is 12.2 Å². The molecule has 0 aromatic heterocycles. The fourth-order valence-corrected chi connectivity index (χ4v) is 1.68. The second-order valence-electron chi connectivity index (χ2n) is 4.14. The zero-order valence-electron chi connectivity index (χ0n) is 11.7. The molecule has 3 heteroatoms. The Morgan fingerprint density at radius 2 is 1.12 bits per heavy atom. The summed E-state index contributed by atoms with van der Waals surface area (Å²) in [5.41, 5.74) is 0. The summed E-state index contributed by atoms with van der Waals surface area (Å²) >= 11 is 0. The van der Waals surface area contributed by atoms with Gasteiger partial charge in [-0.3, -0.25) is 0 Å². The van der Waals surface area contributed by atoms with E-state index in [1.54, 1.807) is 0 Å². The SMILES string of the molecule is CC/C=C\CCCCCCCCCC.[Cl-].[Cl-].[Mg+2]. The van der Waals surface area contributed by atoms with Gasteiger partial charge < -0.3 is 24.8 Å². The van der Waals surface area contributed by atoms with Crippen LogP contribution in [0.5, 0.6) is 0 Å². The molecule has 0 rings (SSSR count). The quantitative estimate of drug-likeness (QED) is 0.278. The Morgan fingerprint density at radius 1 is 0.647 bits per heavy atom. The van der Waals surface area contributed by atoms with Gasteiger partial charge in [0.25, 0.3) is 0 Å². The first-order chi connectivity index (χ1) is 6.91. The molecule has 0 aliphatic heterocycles. The van der Waals surface area contributed by atoms with E-state index in [9.17, 15) is 0 Å². The molecule has 0 unspecified atom stereocenters. The van der Waals surface area contributed by atoms with Crippen molar-refractivity contribution in [2.45, 2.75) is 78.1 Å². The molecule has 0 amide bonds. The molecule has 0 aliphatic rings. The Hall–Kier alpha value is 1.09. The van der Waals surface area contributed by atoms with Gasteiger partial charge in [0.2, 0.25) is 0 Å². The fourth-order valence-electron chi connectivity index (χ4n) is 1.68. The standard InChI is InChI=1S/C14H28.2ClH.Mg/c1-3-5-7-9-11-13-14-12-10-8-6-4-2;;;/h5,7H,3-4,6,8-14H2,1-2H3;2*1H;/q;;;+2/p-2/b7-5-;;;. The number of unbranched alkanes of at least 4 members (excludes halogenated alkanes) is 8. The predicted octanol–water partition coefficient (Wildman–Crippen LogP) is -0.889. The van der Waals surface area contributed by atoms with E-state index < -0.39 is 0 Å². The van der Waals surface area contributed by atoms with E-state index in [1.165, 1.54) is 64.2 Å². The molecule has 0 nitrogen and oxygen atoms in total. The van der Waals surface area contributed by atoms with Gasteiger partial charge in [0.05, 0.1) is 0 Å². The fraction of sp³-hybridized carbons (Fsp3) is 0.857. The maximum atomic E-state index is 2.33. The Bertz CT molecular complexity index is 127. The van der Waals surface area contributed by atoms with Crippen molar-refractivity contribution in [1.82, 2.24) is 0 Å². The van der Waals surface area contributed by atoms with Crippen molar-refractivity contribution in [3.63, 3.8) is 0 Å². The Kier molecular flexibility index (Phi) is 40.4. The maximum absolute atomic E-state index is 2.33. The molecule has 0 spiro atoms. The van der Waals surface area contributed by atoms with Crippen molar-refractivity contribution in [3.05, 3.63) is 12.2 Å². The van der Waals surface area contributed by atoms with E-state index in [0.717, 1.165) is 0 Å². The normalized spacial score (nSPS) is 9.29. The minimum absolute atomic E-state index is 0.